The second-order valence-electron chi connectivity index (χ2n) is 3.31. The molecule has 0 bridgehead atoms. The Labute approximate surface area is 91.4 Å². The van der Waals surface area contributed by atoms with E-state index in [1.54, 1.807) is 18.2 Å². The molecule has 1 atom stereocenters. The van der Waals surface area contributed by atoms with Crippen LogP contribution in [0.5, 0.6) is 5.75 Å². The van der Waals surface area contributed by atoms with Gasteiger partial charge in [0.25, 0.3) is 0 Å². The van der Waals surface area contributed by atoms with Crippen molar-refractivity contribution in [2.45, 2.75) is 0 Å². The third-order valence-corrected chi connectivity index (χ3v) is 2.39. The van der Waals surface area contributed by atoms with Crippen molar-refractivity contribution in [3.8, 4) is 5.75 Å². The largest absolute Gasteiger partial charge is 0.494 e. The number of hydrogen-bond donors (Lipinski definition) is 1. The number of carboxylic acid groups (broad SMARTS) is 1. The second kappa shape index (κ2) is 3.77. The molecule has 0 aliphatic carbocycles. The molecule has 1 heterocycles. The summed E-state index contributed by atoms with van der Waals surface area (Å²) in [5, 5.41) is 8.82. The van der Waals surface area contributed by atoms with Gasteiger partial charge in [-0.05, 0) is 12.1 Å². The molecule has 5 heteroatoms. The Kier molecular flexibility index (Phi) is 2.44. The van der Waals surface area contributed by atoms with Gasteiger partial charge in [0.2, 0.25) is 0 Å². The topological polar surface area (TPSA) is 76.0 Å². The monoisotopic (exact) mass is 219 g/mol. The third kappa shape index (κ3) is 1.46. The van der Waals surface area contributed by atoms with Crippen LogP contribution in [0, 0.1) is 5.92 Å². The number of fused-ring (bicyclic) bond motifs is 1. The summed E-state index contributed by atoms with van der Waals surface area (Å²) >= 11 is 0. The van der Waals surface area contributed by atoms with Crippen LogP contribution in [-0.2, 0) is 4.79 Å². The molecule has 0 saturated carbocycles. The van der Waals surface area contributed by atoms with Gasteiger partial charge >= 0.3 is 5.97 Å². The van der Waals surface area contributed by atoms with Crippen molar-refractivity contribution < 1.29 is 19.4 Å². The number of benzene rings is 1. The van der Waals surface area contributed by atoms with Crippen molar-refractivity contribution >= 4 is 23.7 Å². The molecule has 16 heavy (non-hydrogen) atoms. The number of ketones is 1. The lowest BCUT2D eigenvalue weighted by Crippen LogP contribution is -2.27. The summed E-state index contributed by atoms with van der Waals surface area (Å²) in [6.45, 7) is 0. The van der Waals surface area contributed by atoms with Gasteiger partial charge in [-0.25, -0.2) is 0 Å². The van der Waals surface area contributed by atoms with E-state index in [0.717, 1.165) is 6.21 Å². The summed E-state index contributed by atoms with van der Waals surface area (Å²) in [4.78, 5) is 26.5. The zero-order valence-corrected chi connectivity index (χ0v) is 8.51. The molecular weight excluding hydrogens is 210 g/mol. The van der Waals surface area contributed by atoms with E-state index in [0.29, 0.717) is 11.4 Å². The maximum absolute atomic E-state index is 11.8. The molecule has 0 spiro atoms. The lowest BCUT2D eigenvalue weighted by molar-refractivity contribution is -0.137. The third-order valence-electron chi connectivity index (χ3n) is 2.39. The van der Waals surface area contributed by atoms with Gasteiger partial charge in [0.1, 0.15) is 11.4 Å². The number of carbonyl (C=O) groups is 2. The molecule has 1 aliphatic heterocycles. The van der Waals surface area contributed by atoms with E-state index in [4.69, 9.17) is 9.84 Å². The Hall–Kier alpha value is -2.17. The van der Waals surface area contributed by atoms with E-state index in [1.165, 1.54) is 7.11 Å². The highest BCUT2D eigenvalue weighted by Crippen LogP contribution is 2.35. The zero-order chi connectivity index (χ0) is 11.7. The van der Waals surface area contributed by atoms with Crippen LogP contribution >= 0.6 is 0 Å². The number of methoxy groups -OCH3 is 1. The number of rotatable bonds is 2. The van der Waals surface area contributed by atoms with Crippen molar-refractivity contribution in [3.63, 3.8) is 0 Å². The van der Waals surface area contributed by atoms with Crippen molar-refractivity contribution in [1.82, 2.24) is 0 Å². The van der Waals surface area contributed by atoms with Crippen LogP contribution in [-0.4, -0.2) is 30.2 Å². The maximum Gasteiger partial charge on any atom is 0.319 e. The van der Waals surface area contributed by atoms with Gasteiger partial charge in [-0.3, -0.25) is 14.6 Å². The Morgan fingerprint density at radius 3 is 2.88 bits per heavy atom. The normalized spacial score (nSPS) is 18.1. The van der Waals surface area contributed by atoms with Crippen LogP contribution in [0.25, 0.3) is 0 Å². The zero-order valence-electron chi connectivity index (χ0n) is 8.51. The minimum absolute atomic E-state index is 0.286. The van der Waals surface area contributed by atoms with Gasteiger partial charge in [0.05, 0.1) is 7.11 Å². The summed E-state index contributed by atoms with van der Waals surface area (Å²) in [6, 6.07) is 4.85. The minimum Gasteiger partial charge on any atom is -0.494 e. The molecular formula is C11H9NO4. The molecule has 1 unspecified atom stereocenters. The summed E-state index contributed by atoms with van der Waals surface area (Å²) in [6.07, 6.45) is 1.13. The number of ether oxygens (including phenoxy) is 1. The van der Waals surface area contributed by atoms with Crippen LogP contribution in [0.2, 0.25) is 0 Å². The first-order chi connectivity index (χ1) is 7.65. The predicted molar refractivity (Wildman–Crippen MR) is 56.6 cm³/mol. The Morgan fingerprint density at radius 2 is 2.25 bits per heavy atom. The van der Waals surface area contributed by atoms with E-state index in [2.05, 4.69) is 4.99 Å². The van der Waals surface area contributed by atoms with Crippen molar-refractivity contribution in [3.05, 3.63) is 23.8 Å². The van der Waals surface area contributed by atoms with Gasteiger partial charge in [-0.2, -0.15) is 0 Å². The average molecular weight is 219 g/mol. The van der Waals surface area contributed by atoms with Gasteiger partial charge in [-0.15, -0.1) is 0 Å². The Morgan fingerprint density at radius 1 is 1.50 bits per heavy atom. The summed E-state index contributed by atoms with van der Waals surface area (Å²) in [5.41, 5.74) is 0.682. The predicted octanol–water partition coefficient (Wildman–Crippen LogP) is 1.29. The molecule has 82 valence electrons. The highest BCUT2D eigenvalue weighted by Gasteiger charge is 2.31. The van der Waals surface area contributed by atoms with Gasteiger partial charge in [0, 0.05) is 11.8 Å². The Balaban J connectivity index is 2.54. The fourth-order valence-electron chi connectivity index (χ4n) is 1.58. The van der Waals surface area contributed by atoms with E-state index in [1.807, 2.05) is 0 Å². The fourth-order valence-corrected chi connectivity index (χ4v) is 1.58. The highest BCUT2D eigenvalue weighted by molar-refractivity contribution is 6.22. The molecule has 1 aliphatic rings. The minimum atomic E-state index is -1.19. The lowest BCUT2D eigenvalue weighted by atomic mass is 9.94. The number of carbonyl (C=O) groups excluding carboxylic acids is 1. The standard InChI is InChI=1S/C11H9NO4/c1-16-8-4-2-3-6-9(8)12-5-7(10(6)13)11(14)15/h2-5,7H,1H3,(H,14,15). The molecule has 0 aromatic heterocycles. The average Bonchev–Trinajstić information content (AvgIpc) is 2.28. The number of aliphatic carboxylic acids is 1. The van der Waals surface area contributed by atoms with Crippen LogP contribution in [0.15, 0.2) is 23.2 Å². The lowest BCUT2D eigenvalue weighted by Gasteiger charge is -2.15. The summed E-state index contributed by atoms with van der Waals surface area (Å²) in [5.74, 6) is -2.39. The summed E-state index contributed by atoms with van der Waals surface area (Å²) < 4.78 is 5.04. The number of para-hydroxylation sites is 1. The first-order valence-corrected chi connectivity index (χ1v) is 4.63. The van der Waals surface area contributed by atoms with Crippen molar-refractivity contribution in [2.24, 2.45) is 10.9 Å². The second-order valence-corrected chi connectivity index (χ2v) is 3.31. The van der Waals surface area contributed by atoms with Crippen molar-refractivity contribution in [1.29, 1.82) is 0 Å². The number of carboxylic acids is 1. The van der Waals surface area contributed by atoms with Crippen LogP contribution in [0.4, 0.5) is 5.69 Å². The molecule has 5 nitrogen and oxygen atoms in total. The molecule has 0 radical (unpaired) electrons. The fraction of sp³-hybridized carbons (Fsp3) is 0.182. The van der Waals surface area contributed by atoms with Crippen LogP contribution in [0.3, 0.4) is 0 Å². The quantitative estimate of drug-likeness (QED) is 0.760. The number of nitrogens with zero attached hydrogens (tertiary/aromatic N) is 1. The highest BCUT2D eigenvalue weighted by atomic mass is 16.5. The SMILES string of the molecule is COc1cccc2c1N=CC(C(=O)O)C2=O. The van der Waals surface area contributed by atoms with E-state index in [9.17, 15) is 9.59 Å². The smallest absolute Gasteiger partial charge is 0.319 e. The maximum atomic E-state index is 11.8. The van der Waals surface area contributed by atoms with E-state index in [-0.39, 0.29) is 5.56 Å². The van der Waals surface area contributed by atoms with Crippen LogP contribution < -0.4 is 4.74 Å². The molecule has 1 aromatic carbocycles. The molecule has 0 amide bonds. The van der Waals surface area contributed by atoms with Gasteiger partial charge in [-0.1, -0.05) is 6.07 Å². The first-order valence-electron chi connectivity index (χ1n) is 4.63. The molecule has 0 saturated heterocycles. The van der Waals surface area contributed by atoms with Gasteiger partial charge in [0.15, 0.2) is 11.7 Å². The number of hydrogen-bond acceptors (Lipinski definition) is 4. The first kappa shape index (κ1) is 10.4. The van der Waals surface area contributed by atoms with Crippen LogP contribution in [0.1, 0.15) is 10.4 Å². The van der Waals surface area contributed by atoms with E-state index < -0.39 is 17.7 Å². The number of aliphatic imine (C=N–C) groups is 1. The molecule has 1 N–H and O–H groups in total. The number of Topliss-reactive ketones (excluding diaryl/α,β-unsaturated/α-hetero) is 1. The van der Waals surface area contributed by atoms with Crippen molar-refractivity contribution in [2.75, 3.05) is 7.11 Å². The molecule has 2 rings (SSSR count). The van der Waals surface area contributed by atoms with E-state index >= 15 is 0 Å². The van der Waals surface area contributed by atoms with Gasteiger partial charge < -0.3 is 9.84 Å². The Bertz CT molecular complexity index is 493. The summed E-state index contributed by atoms with van der Waals surface area (Å²) in [7, 11) is 1.47. The molecule has 0 fully saturated rings. The molecule has 1 aromatic rings.